The van der Waals surface area contributed by atoms with Crippen LogP contribution in [0.3, 0.4) is 0 Å². The van der Waals surface area contributed by atoms with Gasteiger partial charge in [-0.25, -0.2) is 4.39 Å². The van der Waals surface area contributed by atoms with Crippen molar-refractivity contribution in [2.45, 2.75) is 6.92 Å². The number of nitriles is 2. The van der Waals surface area contributed by atoms with Gasteiger partial charge in [-0.05, 0) is 42.8 Å². The van der Waals surface area contributed by atoms with Crippen molar-refractivity contribution in [3.8, 4) is 17.8 Å². The van der Waals surface area contributed by atoms with Gasteiger partial charge >= 0.3 is 0 Å². The summed E-state index contributed by atoms with van der Waals surface area (Å²) < 4.78 is 15.1. The second kappa shape index (κ2) is 7.18. The number of hydrogen-bond acceptors (Lipinski definition) is 4. The van der Waals surface area contributed by atoms with Crippen molar-refractivity contribution < 1.29 is 4.39 Å². The zero-order valence-corrected chi connectivity index (χ0v) is 14.5. The van der Waals surface area contributed by atoms with E-state index in [9.17, 15) is 19.7 Å². The Kier molecular flexibility index (Phi) is 4.79. The van der Waals surface area contributed by atoms with Gasteiger partial charge in [0.2, 0.25) is 0 Å². The Morgan fingerprint density at radius 2 is 1.69 bits per heavy atom. The minimum atomic E-state index is -0.435. The zero-order valence-electron chi connectivity index (χ0n) is 13.7. The number of hydrogen-bond donors (Lipinski definition) is 0. The van der Waals surface area contributed by atoms with E-state index in [2.05, 4.69) is 0 Å². The first-order chi connectivity index (χ1) is 12.5. The third-order valence-electron chi connectivity index (χ3n) is 3.72. The molecule has 3 aromatic rings. The molecule has 0 fully saturated rings. The highest BCUT2D eigenvalue weighted by molar-refractivity contribution is 7.07. The van der Waals surface area contributed by atoms with Crippen LogP contribution >= 0.6 is 11.3 Å². The summed E-state index contributed by atoms with van der Waals surface area (Å²) in [6.07, 6.45) is 1.71. The normalized spacial score (nSPS) is 11.0. The van der Waals surface area contributed by atoms with Gasteiger partial charge in [0.1, 0.15) is 22.6 Å². The summed E-state index contributed by atoms with van der Waals surface area (Å²) >= 11 is 1.06. The van der Waals surface area contributed by atoms with E-state index in [-0.39, 0.29) is 15.8 Å². The molecule has 0 N–H and O–H groups in total. The number of nitrogens with zero attached hydrogens (tertiary/aromatic N) is 3. The first kappa shape index (κ1) is 17.3. The molecule has 4 nitrogen and oxygen atoms in total. The minimum absolute atomic E-state index is 0.167. The molecule has 26 heavy (non-hydrogen) atoms. The maximum Gasteiger partial charge on any atom is 0.273 e. The van der Waals surface area contributed by atoms with Crippen LogP contribution in [0.4, 0.5) is 4.39 Å². The third-order valence-corrected chi connectivity index (χ3v) is 4.81. The molecule has 0 saturated heterocycles. The quantitative estimate of drug-likeness (QED) is 0.704. The first-order valence-electron chi connectivity index (χ1n) is 7.64. The largest absolute Gasteiger partial charge is 0.273 e. The average molecular weight is 361 g/mol. The van der Waals surface area contributed by atoms with Crippen LogP contribution < -0.4 is 14.8 Å². The van der Waals surface area contributed by atoms with Gasteiger partial charge in [-0.1, -0.05) is 29.8 Å². The van der Waals surface area contributed by atoms with Gasteiger partial charge in [-0.15, -0.1) is 11.3 Å². The first-order valence-corrected chi connectivity index (χ1v) is 8.46. The molecule has 2 aromatic carbocycles. The maximum absolute atomic E-state index is 13.2. The third kappa shape index (κ3) is 3.32. The lowest BCUT2D eigenvalue weighted by Gasteiger charge is -2.01. The van der Waals surface area contributed by atoms with E-state index in [1.165, 1.54) is 28.8 Å². The fourth-order valence-corrected chi connectivity index (χ4v) is 3.46. The van der Waals surface area contributed by atoms with Crippen LogP contribution in [-0.4, -0.2) is 4.57 Å². The predicted octanol–water partition coefficient (Wildman–Crippen LogP) is 2.37. The fourth-order valence-electron chi connectivity index (χ4n) is 2.41. The second-order valence-electron chi connectivity index (χ2n) is 5.54. The monoisotopic (exact) mass is 361 g/mol. The van der Waals surface area contributed by atoms with Gasteiger partial charge in [-0.2, -0.15) is 10.5 Å². The molecule has 1 heterocycles. The molecule has 0 saturated carbocycles. The van der Waals surface area contributed by atoms with E-state index in [4.69, 9.17) is 0 Å². The summed E-state index contributed by atoms with van der Waals surface area (Å²) in [5.74, 6) is -0.435. The Balaban J connectivity index is 2.36. The number of thiazole rings is 1. The Morgan fingerprint density at radius 1 is 1.08 bits per heavy atom. The molecule has 0 spiro atoms. The smallest absolute Gasteiger partial charge is 0.267 e. The number of benzene rings is 2. The van der Waals surface area contributed by atoms with Crippen molar-refractivity contribution in [1.82, 2.24) is 4.57 Å². The highest BCUT2D eigenvalue weighted by atomic mass is 32.1. The Bertz CT molecular complexity index is 1210. The van der Waals surface area contributed by atoms with Crippen LogP contribution in [0.1, 0.15) is 11.1 Å². The molecule has 0 aliphatic rings. The zero-order chi connectivity index (χ0) is 18.7. The Morgan fingerprint density at radius 3 is 2.27 bits per heavy atom. The predicted molar refractivity (Wildman–Crippen MR) is 98.5 cm³/mol. The van der Waals surface area contributed by atoms with Gasteiger partial charge in [0.25, 0.3) is 5.56 Å². The van der Waals surface area contributed by atoms with Crippen LogP contribution in [0.15, 0.2) is 53.3 Å². The SMILES string of the molecule is Cc1ccc(/C=c2\sc(=C(C#N)C#N)n(-c3ccc(F)cc3)c2=O)cc1. The summed E-state index contributed by atoms with van der Waals surface area (Å²) in [4.78, 5) is 12.9. The van der Waals surface area contributed by atoms with E-state index in [0.717, 1.165) is 22.5 Å². The van der Waals surface area contributed by atoms with Gasteiger partial charge < -0.3 is 0 Å². The minimum Gasteiger partial charge on any atom is -0.267 e. The number of aryl methyl sites for hydroxylation is 1. The Labute approximate surface area is 152 Å². The lowest BCUT2D eigenvalue weighted by atomic mass is 10.1. The molecule has 0 unspecified atom stereocenters. The lowest BCUT2D eigenvalue weighted by molar-refractivity contribution is 0.627. The van der Waals surface area contributed by atoms with Crippen LogP contribution in [-0.2, 0) is 0 Å². The topological polar surface area (TPSA) is 69.6 Å². The molecular weight excluding hydrogens is 349 g/mol. The van der Waals surface area contributed by atoms with E-state index >= 15 is 0 Å². The van der Waals surface area contributed by atoms with Gasteiger partial charge in [0, 0.05) is 0 Å². The molecule has 6 heteroatoms. The summed E-state index contributed by atoms with van der Waals surface area (Å²) in [6, 6.07) is 16.6. The molecule has 0 aliphatic heterocycles. The summed E-state index contributed by atoms with van der Waals surface area (Å²) in [5, 5.41) is 18.5. The number of halogens is 1. The molecule has 0 atom stereocenters. The van der Waals surface area contributed by atoms with Crippen molar-refractivity contribution in [3.05, 3.63) is 85.0 Å². The highest BCUT2D eigenvalue weighted by Gasteiger charge is 2.11. The second-order valence-corrected chi connectivity index (χ2v) is 6.57. The molecule has 1 aromatic heterocycles. The molecule has 126 valence electrons. The molecule has 0 bridgehead atoms. The maximum atomic E-state index is 13.2. The van der Waals surface area contributed by atoms with E-state index < -0.39 is 5.82 Å². The summed E-state index contributed by atoms with van der Waals surface area (Å²) in [5.41, 5.74) is 1.80. The average Bonchev–Trinajstić information content (AvgIpc) is 2.95. The van der Waals surface area contributed by atoms with Crippen LogP contribution in [0.5, 0.6) is 0 Å². The molecule has 0 aliphatic carbocycles. The molecule has 0 radical (unpaired) electrons. The highest BCUT2D eigenvalue weighted by Crippen LogP contribution is 2.07. The summed E-state index contributed by atoms with van der Waals surface area (Å²) in [7, 11) is 0. The van der Waals surface area contributed by atoms with Crippen molar-refractivity contribution in [3.63, 3.8) is 0 Å². The number of rotatable bonds is 2. The van der Waals surface area contributed by atoms with E-state index in [1.807, 2.05) is 43.3 Å². The van der Waals surface area contributed by atoms with Gasteiger partial charge in [0.05, 0.1) is 10.2 Å². The lowest BCUT2D eigenvalue weighted by Crippen LogP contribution is -2.30. The van der Waals surface area contributed by atoms with Crippen LogP contribution in [0, 0.1) is 35.4 Å². The standard InChI is InChI=1S/C20H12FN3OS/c1-13-2-4-14(5-3-13)10-18-19(25)24(17-8-6-16(21)7-9-17)20(26-18)15(11-22)12-23/h2-10H,1H3/b18-10-. The van der Waals surface area contributed by atoms with Crippen molar-refractivity contribution in [2.75, 3.05) is 0 Å². The van der Waals surface area contributed by atoms with Crippen LogP contribution in [0.25, 0.3) is 17.3 Å². The van der Waals surface area contributed by atoms with Crippen LogP contribution in [0.2, 0.25) is 0 Å². The van der Waals surface area contributed by atoms with Gasteiger partial charge in [0.15, 0.2) is 5.57 Å². The number of aromatic nitrogens is 1. The van der Waals surface area contributed by atoms with E-state index in [0.29, 0.717) is 10.2 Å². The van der Waals surface area contributed by atoms with Crippen molar-refractivity contribution in [2.24, 2.45) is 0 Å². The van der Waals surface area contributed by atoms with E-state index in [1.54, 1.807) is 6.08 Å². The van der Waals surface area contributed by atoms with Crippen molar-refractivity contribution >= 4 is 23.0 Å². The van der Waals surface area contributed by atoms with Gasteiger partial charge in [-0.3, -0.25) is 9.36 Å². The molecule has 0 amide bonds. The van der Waals surface area contributed by atoms with Crippen molar-refractivity contribution in [1.29, 1.82) is 10.5 Å². The molecule has 3 rings (SSSR count). The summed E-state index contributed by atoms with van der Waals surface area (Å²) in [6.45, 7) is 1.97. The molecular formula is C20H12FN3OS. The fraction of sp³-hybridized carbons (Fsp3) is 0.0500. The Hall–Kier alpha value is -3.48.